The molecule has 1 aromatic carbocycles. The van der Waals surface area contributed by atoms with Crippen molar-refractivity contribution in [2.45, 2.75) is 33.6 Å². The molecule has 1 heterocycles. The van der Waals surface area contributed by atoms with E-state index in [1.807, 2.05) is 6.20 Å². The number of aromatic amines is 1. The lowest BCUT2D eigenvalue weighted by atomic mass is 9.95. The summed E-state index contributed by atoms with van der Waals surface area (Å²) in [5.41, 5.74) is 10.7. The average Bonchev–Trinajstić information content (AvgIpc) is 2.78. The van der Waals surface area contributed by atoms with Crippen molar-refractivity contribution >= 4 is 0 Å². The van der Waals surface area contributed by atoms with Crippen molar-refractivity contribution in [2.24, 2.45) is 11.7 Å². The van der Waals surface area contributed by atoms with Gasteiger partial charge in [0.25, 0.3) is 0 Å². The third-order valence-corrected chi connectivity index (χ3v) is 3.68. The van der Waals surface area contributed by atoms with E-state index in [2.05, 4.69) is 55.9 Å². The average molecular weight is 257 g/mol. The number of nitrogens with one attached hydrogen (secondary N) is 1. The van der Waals surface area contributed by atoms with Gasteiger partial charge in [-0.25, -0.2) is 4.98 Å². The maximum Gasteiger partial charge on any atom is 0.111 e. The van der Waals surface area contributed by atoms with Crippen molar-refractivity contribution in [3.05, 3.63) is 41.3 Å². The van der Waals surface area contributed by atoms with Gasteiger partial charge in [0.05, 0.1) is 11.9 Å². The maximum atomic E-state index is 5.84. The van der Waals surface area contributed by atoms with Gasteiger partial charge < -0.3 is 10.7 Å². The summed E-state index contributed by atoms with van der Waals surface area (Å²) in [5.74, 6) is 1.77. The van der Waals surface area contributed by atoms with Crippen LogP contribution in [-0.2, 0) is 0 Å². The smallest absolute Gasteiger partial charge is 0.111 e. The molecule has 0 spiro atoms. The molecule has 3 nitrogen and oxygen atoms in total. The number of nitrogens with zero attached hydrogens (tertiary/aromatic N) is 1. The molecule has 102 valence electrons. The van der Waals surface area contributed by atoms with Crippen molar-refractivity contribution in [3.63, 3.8) is 0 Å². The van der Waals surface area contributed by atoms with Gasteiger partial charge in [-0.1, -0.05) is 37.6 Å². The summed E-state index contributed by atoms with van der Waals surface area (Å²) in [4.78, 5) is 7.94. The van der Waals surface area contributed by atoms with Gasteiger partial charge in [-0.05, 0) is 25.3 Å². The molecule has 19 heavy (non-hydrogen) atoms. The highest BCUT2D eigenvalue weighted by atomic mass is 14.9. The second kappa shape index (κ2) is 5.57. The molecule has 3 N–H and O–H groups in total. The van der Waals surface area contributed by atoms with Crippen LogP contribution in [0.25, 0.3) is 11.3 Å². The van der Waals surface area contributed by atoms with Gasteiger partial charge in [0, 0.05) is 18.0 Å². The van der Waals surface area contributed by atoms with E-state index in [0.29, 0.717) is 18.4 Å². The highest BCUT2D eigenvalue weighted by molar-refractivity contribution is 5.63. The van der Waals surface area contributed by atoms with Gasteiger partial charge in [-0.2, -0.15) is 0 Å². The first-order valence-corrected chi connectivity index (χ1v) is 6.85. The molecule has 0 amide bonds. The maximum absolute atomic E-state index is 5.84. The van der Waals surface area contributed by atoms with E-state index < -0.39 is 0 Å². The van der Waals surface area contributed by atoms with E-state index in [4.69, 9.17) is 5.73 Å². The Hall–Kier alpha value is -1.61. The number of aromatic nitrogens is 2. The van der Waals surface area contributed by atoms with Crippen LogP contribution in [0.1, 0.15) is 36.7 Å². The number of hydrogen-bond donors (Lipinski definition) is 2. The third-order valence-electron chi connectivity index (χ3n) is 3.68. The minimum Gasteiger partial charge on any atom is -0.342 e. The van der Waals surface area contributed by atoms with Crippen molar-refractivity contribution < 1.29 is 0 Å². The van der Waals surface area contributed by atoms with E-state index in [-0.39, 0.29) is 0 Å². The zero-order chi connectivity index (χ0) is 14.0. The summed E-state index contributed by atoms with van der Waals surface area (Å²) >= 11 is 0. The SMILES string of the molecule is Cc1ccc(-c2cnc(C(CN)C(C)C)[nH]2)c(C)c1. The molecule has 0 aliphatic heterocycles. The minimum atomic E-state index is 0.291. The lowest BCUT2D eigenvalue weighted by Crippen LogP contribution is -2.19. The fourth-order valence-electron chi connectivity index (χ4n) is 2.48. The molecule has 0 aliphatic carbocycles. The van der Waals surface area contributed by atoms with Crippen LogP contribution >= 0.6 is 0 Å². The molecule has 0 fully saturated rings. The van der Waals surface area contributed by atoms with Crippen molar-refractivity contribution in [1.29, 1.82) is 0 Å². The number of hydrogen-bond acceptors (Lipinski definition) is 2. The zero-order valence-corrected chi connectivity index (χ0v) is 12.2. The van der Waals surface area contributed by atoms with E-state index in [1.54, 1.807) is 0 Å². The van der Waals surface area contributed by atoms with Crippen LogP contribution < -0.4 is 5.73 Å². The van der Waals surface area contributed by atoms with E-state index in [1.165, 1.54) is 16.7 Å². The Kier molecular flexibility index (Phi) is 4.05. The molecule has 0 saturated heterocycles. The monoisotopic (exact) mass is 257 g/mol. The Morgan fingerprint density at radius 2 is 2.00 bits per heavy atom. The molecule has 2 rings (SSSR count). The zero-order valence-electron chi connectivity index (χ0n) is 12.2. The second-order valence-corrected chi connectivity index (χ2v) is 5.59. The molecule has 0 aliphatic rings. The van der Waals surface area contributed by atoms with Crippen LogP contribution in [0.4, 0.5) is 0 Å². The van der Waals surface area contributed by atoms with Crippen LogP contribution in [0.3, 0.4) is 0 Å². The van der Waals surface area contributed by atoms with Crippen LogP contribution in [0.5, 0.6) is 0 Å². The number of rotatable bonds is 4. The van der Waals surface area contributed by atoms with Crippen LogP contribution in [-0.4, -0.2) is 16.5 Å². The van der Waals surface area contributed by atoms with Crippen LogP contribution in [0.2, 0.25) is 0 Å². The van der Waals surface area contributed by atoms with Crippen molar-refractivity contribution in [3.8, 4) is 11.3 Å². The van der Waals surface area contributed by atoms with Gasteiger partial charge in [0.15, 0.2) is 0 Å². The molecule has 0 saturated carbocycles. The van der Waals surface area contributed by atoms with E-state index in [9.17, 15) is 0 Å². The van der Waals surface area contributed by atoms with E-state index in [0.717, 1.165) is 11.5 Å². The molecule has 1 aromatic heterocycles. The molecule has 1 unspecified atom stereocenters. The minimum absolute atomic E-state index is 0.291. The summed E-state index contributed by atoms with van der Waals surface area (Å²) in [6.07, 6.45) is 1.91. The Morgan fingerprint density at radius 1 is 1.26 bits per heavy atom. The number of aryl methyl sites for hydroxylation is 2. The highest BCUT2D eigenvalue weighted by Crippen LogP contribution is 2.26. The van der Waals surface area contributed by atoms with Crippen molar-refractivity contribution in [1.82, 2.24) is 9.97 Å². The fraction of sp³-hybridized carbons (Fsp3) is 0.438. The lowest BCUT2D eigenvalue weighted by Gasteiger charge is -2.15. The van der Waals surface area contributed by atoms with Gasteiger partial charge >= 0.3 is 0 Å². The van der Waals surface area contributed by atoms with Gasteiger partial charge in [-0.15, -0.1) is 0 Å². The summed E-state index contributed by atoms with van der Waals surface area (Å²) in [7, 11) is 0. The predicted molar refractivity (Wildman–Crippen MR) is 80.1 cm³/mol. The first kappa shape index (κ1) is 13.8. The number of H-pyrrole nitrogens is 1. The first-order chi connectivity index (χ1) is 9.02. The standard InChI is InChI=1S/C16H23N3/c1-10(2)14(8-17)16-18-9-15(19-16)13-6-5-11(3)7-12(13)4/h5-7,9-10,14H,8,17H2,1-4H3,(H,18,19). The Morgan fingerprint density at radius 3 is 2.58 bits per heavy atom. The molecular weight excluding hydrogens is 234 g/mol. The molecule has 2 aromatic rings. The largest absolute Gasteiger partial charge is 0.342 e. The van der Waals surface area contributed by atoms with Crippen LogP contribution in [0, 0.1) is 19.8 Å². The molecule has 0 bridgehead atoms. The summed E-state index contributed by atoms with van der Waals surface area (Å²) < 4.78 is 0. The molecule has 3 heteroatoms. The predicted octanol–water partition coefficient (Wildman–Crippen LogP) is 3.39. The molecule has 1 atom stereocenters. The Bertz CT molecular complexity index is 555. The number of nitrogens with two attached hydrogens (primary N) is 1. The fourth-order valence-corrected chi connectivity index (χ4v) is 2.48. The Labute approximate surface area is 115 Å². The molecular formula is C16H23N3. The van der Waals surface area contributed by atoms with Gasteiger partial charge in [0.1, 0.15) is 5.82 Å². The van der Waals surface area contributed by atoms with Crippen molar-refractivity contribution in [2.75, 3.05) is 6.54 Å². The molecule has 0 radical (unpaired) electrons. The summed E-state index contributed by atoms with van der Waals surface area (Å²) in [6.45, 7) is 9.22. The first-order valence-electron chi connectivity index (χ1n) is 6.85. The summed E-state index contributed by atoms with van der Waals surface area (Å²) in [6, 6.07) is 6.47. The quantitative estimate of drug-likeness (QED) is 0.882. The van der Waals surface area contributed by atoms with E-state index >= 15 is 0 Å². The van der Waals surface area contributed by atoms with Gasteiger partial charge in [-0.3, -0.25) is 0 Å². The highest BCUT2D eigenvalue weighted by Gasteiger charge is 2.18. The van der Waals surface area contributed by atoms with Crippen LogP contribution in [0.15, 0.2) is 24.4 Å². The number of benzene rings is 1. The second-order valence-electron chi connectivity index (χ2n) is 5.59. The topological polar surface area (TPSA) is 54.7 Å². The van der Waals surface area contributed by atoms with Gasteiger partial charge in [0.2, 0.25) is 0 Å². The third kappa shape index (κ3) is 2.87. The summed E-state index contributed by atoms with van der Waals surface area (Å²) in [5, 5.41) is 0. The lowest BCUT2D eigenvalue weighted by molar-refractivity contribution is 0.487. The number of imidazole rings is 1. The Balaban J connectivity index is 2.35. The normalized spacial score (nSPS) is 12.9.